The first-order valence-electron chi connectivity index (χ1n) is 9.71. The lowest BCUT2D eigenvalue weighted by molar-refractivity contribution is -0.143. The van der Waals surface area contributed by atoms with Gasteiger partial charge in [0.15, 0.2) is 0 Å². The van der Waals surface area contributed by atoms with Crippen LogP contribution in [0.4, 0.5) is 0 Å². The third kappa shape index (κ3) is 2.09. The molecule has 0 aromatic rings. The number of terminal acetylenes is 1. The lowest BCUT2D eigenvalue weighted by atomic mass is 9.44. The van der Waals surface area contributed by atoms with E-state index in [1.807, 2.05) is 0 Å². The molecule has 2 heteroatoms. The number of hydrogen-bond acceptors (Lipinski definition) is 2. The molecular weight excluding hydrogens is 284 g/mol. The predicted molar refractivity (Wildman–Crippen MR) is 91.5 cm³/mol. The zero-order chi connectivity index (χ0) is 16.5. The van der Waals surface area contributed by atoms with E-state index in [1.54, 1.807) is 0 Å². The molecule has 0 radical (unpaired) electrons. The minimum atomic E-state index is -0.857. The first-order valence-corrected chi connectivity index (χ1v) is 9.71. The van der Waals surface area contributed by atoms with Crippen LogP contribution in [-0.4, -0.2) is 21.9 Å². The van der Waals surface area contributed by atoms with E-state index in [0.717, 1.165) is 37.5 Å². The molecule has 0 heterocycles. The second kappa shape index (κ2) is 4.99. The summed E-state index contributed by atoms with van der Waals surface area (Å²) < 4.78 is 0. The average Bonchev–Trinajstić information content (AvgIpc) is 2.84. The molecule has 4 fully saturated rings. The lowest BCUT2D eigenvalue weighted by Crippen LogP contribution is -2.56. The van der Waals surface area contributed by atoms with Crippen LogP contribution in [0.1, 0.15) is 71.6 Å². The largest absolute Gasteiger partial charge is 0.393 e. The van der Waals surface area contributed by atoms with Gasteiger partial charge in [0.25, 0.3) is 0 Å². The molecule has 0 unspecified atom stereocenters. The Morgan fingerprint density at radius 1 is 0.913 bits per heavy atom. The van der Waals surface area contributed by atoms with Gasteiger partial charge in [-0.3, -0.25) is 0 Å². The van der Waals surface area contributed by atoms with Crippen LogP contribution >= 0.6 is 0 Å². The smallest absolute Gasteiger partial charge is 0.125 e. The molecule has 0 saturated heterocycles. The standard InChI is InChI=1S/C21H32O2/c1-4-21(23)12-11-19(2)14(13-21)5-6-15-16-7-8-18(22)20(16,3)10-9-17(15)19/h1,14-18,22-23H,5-13H2,2-3H3/t14-,15+,16+,17+,18-,19-,20-,21+/m0/s1. The normalized spacial score (nSPS) is 58.7. The Morgan fingerprint density at radius 2 is 1.65 bits per heavy atom. The summed E-state index contributed by atoms with van der Waals surface area (Å²) in [4.78, 5) is 0. The van der Waals surface area contributed by atoms with Crippen molar-refractivity contribution >= 4 is 0 Å². The summed E-state index contributed by atoms with van der Waals surface area (Å²) in [6.07, 6.45) is 15.3. The van der Waals surface area contributed by atoms with Gasteiger partial charge in [-0.05, 0) is 92.3 Å². The molecule has 4 rings (SSSR count). The first-order chi connectivity index (χ1) is 10.8. The molecule has 0 aliphatic heterocycles. The van der Waals surface area contributed by atoms with Crippen molar-refractivity contribution in [1.29, 1.82) is 0 Å². The van der Waals surface area contributed by atoms with Crippen molar-refractivity contribution in [2.45, 2.75) is 83.3 Å². The second-order valence-corrected chi connectivity index (χ2v) is 9.67. The van der Waals surface area contributed by atoms with Gasteiger partial charge in [0.1, 0.15) is 5.60 Å². The Morgan fingerprint density at radius 3 is 2.39 bits per heavy atom. The van der Waals surface area contributed by atoms with Crippen molar-refractivity contribution in [2.24, 2.45) is 34.5 Å². The van der Waals surface area contributed by atoms with Crippen molar-refractivity contribution in [2.75, 3.05) is 0 Å². The highest BCUT2D eigenvalue weighted by molar-refractivity contribution is 5.16. The fourth-order valence-corrected chi connectivity index (χ4v) is 7.35. The molecule has 2 N–H and O–H groups in total. The molecule has 4 saturated carbocycles. The predicted octanol–water partition coefficient (Wildman–Crippen LogP) is 3.75. The van der Waals surface area contributed by atoms with Gasteiger partial charge in [-0.15, -0.1) is 6.42 Å². The number of rotatable bonds is 0. The third-order valence-corrected chi connectivity index (χ3v) is 8.95. The SMILES string of the molecule is C#C[C@@]1(O)CC[C@@]2(C)[C@@H](CC[C@H]3[C@H]2CC[C@@]2(C)[C@@H]3CC[C@@H]2O)C1. The molecule has 0 aromatic carbocycles. The van der Waals surface area contributed by atoms with E-state index in [2.05, 4.69) is 19.8 Å². The van der Waals surface area contributed by atoms with Gasteiger partial charge in [0.2, 0.25) is 0 Å². The highest BCUT2D eigenvalue weighted by Gasteiger charge is 2.60. The molecule has 0 bridgehead atoms. The summed E-state index contributed by atoms with van der Waals surface area (Å²) in [7, 11) is 0. The van der Waals surface area contributed by atoms with Crippen LogP contribution in [-0.2, 0) is 0 Å². The Bertz CT molecular complexity index is 536. The third-order valence-electron chi connectivity index (χ3n) is 8.95. The molecule has 2 nitrogen and oxygen atoms in total. The van der Waals surface area contributed by atoms with Gasteiger partial charge >= 0.3 is 0 Å². The quantitative estimate of drug-likeness (QED) is 0.668. The van der Waals surface area contributed by atoms with E-state index in [4.69, 9.17) is 6.42 Å². The van der Waals surface area contributed by atoms with Crippen LogP contribution in [0.15, 0.2) is 0 Å². The molecular formula is C21H32O2. The van der Waals surface area contributed by atoms with Gasteiger partial charge in [0, 0.05) is 0 Å². The maximum atomic E-state index is 10.6. The molecule has 128 valence electrons. The first kappa shape index (κ1) is 16.0. The lowest BCUT2D eigenvalue weighted by Gasteiger charge is -2.61. The van der Waals surface area contributed by atoms with Crippen LogP contribution in [0.25, 0.3) is 0 Å². The topological polar surface area (TPSA) is 40.5 Å². The molecule has 4 aliphatic rings. The van der Waals surface area contributed by atoms with E-state index in [1.165, 1.54) is 32.1 Å². The minimum absolute atomic E-state index is 0.0862. The van der Waals surface area contributed by atoms with Crippen LogP contribution in [0.2, 0.25) is 0 Å². The summed E-state index contributed by atoms with van der Waals surface area (Å²) >= 11 is 0. The Hall–Kier alpha value is -0.520. The fourth-order valence-electron chi connectivity index (χ4n) is 7.35. The van der Waals surface area contributed by atoms with Gasteiger partial charge in [-0.25, -0.2) is 0 Å². The zero-order valence-corrected chi connectivity index (χ0v) is 14.7. The Labute approximate surface area is 141 Å². The van der Waals surface area contributed by atoms with Crippen LogP contribution < -0.4 is 0 Å². The van der Waals surface area contributed by atoms with Crippen molar-refractivity contribution in [1.82, 2.24) is 0 Å². The average molecular weight is 316 g/mol. The van der Waals surface area contributed by atoms with Crippen molar-refractivity contribution in [3.63, 3.8) is 0 Å². The number of hydrogen-bond donors (Lipinski definition) is 2. The zero-order valence-electron chi connectivity index (χ0n) is 14.7. The number of aliphatic hydroxyl groups is 2. The Balaban J connectivity index is 1.61. The van der Waals surface area contributed by atoms with Gasteiger partial charge in [-0.1, -0.05) is 19.8 Å². The van der Waals surface area contributed by atoms with Gasteiger partial charge in [-0.2, -0.15) is 0 Å². The van der Waals surface area contributed by atoms with E-state index < -0.39 is 5.60 Å². The van der Waals surface area contributed by atoms with Crippen LogP contribution in [0.3, 0.4) is 0 Å². The maximum absolute atomic E-state index is 10.6. The Kier molecular flexibility index (Phi) is 3.47. The van der Waals surface area contributed by atoms with E-state index in [0.29, 0.717) is 17.3 Å². The van der Waals surface area contributed by atoms with Gasteiger partial charge in [0.05, 0.1) is 6.10 Å². The second-order valence-electron chi connectivity index (χ2n) is 9.67. The number of aliphatic hydroxyl groups excluding tert-OH is 1. The maximum Gasteiger partial charge on any atom is 0.125 e. The fraction of sp³-hybridized carbons (Fsp3) is 0.905. The van der Waals surface area contributed by atoms with E-state index in [-0.39, 0.29) is 11.5 Å². The molecule has 4 aliphatic carbocycles. The molecule has 23 heavy (non-hydrogen) atoms. The van der Waals surface area contributed by atoms with Crippen molar-refractivity contribution in [3.05, 3.63) is 0 Å². The number of fused-ring (bicyclic) bond motifs is 5. The molecule has 0 amide bonds. The van der Waals surface area contributed by atoms with Crippen molar-refractivity contribution < 1.29 is 10.2 Å². The summed E-state index contributed by atoms with van der Waals surface area (Å²) in [6.45, 7) is 4.83. The molecule has 0 spiro atoms. The van der Waals surface area contributed by atoms with Gasteiger partial charge < -0.3 is 10.2 Å². The minimum Gasteiger partial charge on any atom is -0.393 e. The van der Waals surface area contributed by atoms with Crippen LogP contribution in [0.5, 0.6) is 0 Å². The summed E-state index contributed by atoms with van der Waals surface area (Å²) in [5.74, 6) is 5.51. The summed E-state index contributed by atoms with van der Waals surface area (Å²) in [6, 6.07) is 0. The monoisotopic (exact) mass is 316 g/mol. The van der Waals surface area contributed by atoms with Crippen molar-refractivity contribution in [3.8, 4) is 12.3 Å². The molecule has 0 aromatic heterocycles. The highest BCUT2D eigenvalue weighted by Crippen LogP contribution is 2.66. The highest BCUT2D eigenvalue weighted by atomic mass is 16.3. The van der Waals surface area contributed by atoms with Crippen LogP contribution in [0, 0.1) is 46.8 Å². The summed E-state index contributed by atoms with van der Waals surface area (Å²) in [5, 5.41) is 21.1. The summed E-state index contributed by atoms with van der Waals surface area (Å²) in [5.41, 5.74) is -0.344. The van der Waals surface area contributed by atoms with E-state index >= 15 is 0 Å². The van der Waals surface area contributed by atoms with E-state index in [9.17, 15) is 10.2 Å². The molecule has 8 atom stereocenters.